The summed E-state index contributed by atoms with van der Waals surface area (Å²) in [6.45, 7) is 5.63. The lowest BCUT2D eigenvalue weighted by atomic mass is 10.2. The minimum atomic E-state index is -0.488. The molecule has 3 rings (SSSR count). The van der Waals surface area contributed by atoms with Gasteiger partial charge in [-0.1, -0.05) is 31.1 Å². The zero-order valence-electron chi connectivity index (χ0n) is 14.9. The Kier molecular flexibility index (Phi) is 5.11. The number of para-hydroxylation sites is 1. The van der Waals surface area contributed by atoms with Crippen molar-refractivity contribution in [2.24, 2.45) is 0 Å². The fourth-order valence-corrected chi connectivity index (χ4v) is 2.63. The number of aryl methyl sites for hydroxylation is 3. The molecule has 2 aromatic heterocycles. The molecule has 0 saturated carbocycles. The van der Waals surface area contributed by atoms with E-state index in [0.29, 0.717) is 35.8 Å². The standard InChI is InChI=1S/C18H20FN5O2/c1-4-8-15-20-17(22-24(15)13-10-7-6-9-12(13)19)18(25)21-16-11(3)23-26-14(16)5-2/h6-7,9-10H,4-5,8H2,1-3H3,(H,21,25). The van der Waals surface area contributed by atoms with E-state index in [9.17, 15) is 9.18 Å². The van der Waals surface area contributed by atoms with Gasteiger partial charge in [0.25, 0.3) is 5.91 Å². The Labute approximate surface area is 150 Å². The van der Waals surface area contributed by atoms with Crippen LogP contribution in [-0.2, 0) is 12.8 Å². The van der Waals surface area contributed by atoms with Crippen LogP contribution in [0.1, 0.15) is 48.2 Å². The number of anilines is 1. The summed E-state index contributed by atoms with van der Waals surface area (Å²) in [4.78, 5) is 16.9. The van der Waals surface area contributed by atoms with Gasteiger partial charge < -0.3 is 9.84 Å². The number of nitrogens with one attached hydrogen (secondary N) is 1. The minimum absolute atomic E-state index is 0.0284. The van der Waals surface area contributed by atoms with Gasteiger partial charge in [0.05, 0.1) is 0 Å². The van der Waals surface area contributed by atoms with Crippen LogP contribution in [0.4, 0.5) is 10.1 Å². The van der Waals surface area contributed by atoms with Crippen molar-refractivity contribution in [2.45, 2.75) is 40.0 Å². The number of carbonyl (C=O) groups is 1. The second-order valence-electron chi connectivity index (χ2n) is 5.84. The molecular weight excluding hydrogens is 337 g/mol. The third-order valence-corrected chi connectivity index (χ3v) is 3.92. The van der Waals surface area contributed by atoms with E-state index in [4.69, 9.17) is 4.52 Å². The van der Waals surface area contributed by atoms with Crippen molar-refractivity contribution in [3.05, 3.63) is 53.2 Å². The summed E-state index contributed by atoms with van der Waals surface area (Å²) in [5, 5.41) is 10.8. The van der Waals surface area contributed by atoms with Crippen LogP contribution < -0.4 is 5.32 Å². The molecule has 0 aliphatic carbocycles. The normalized spacial score (nSPS) is 10.9. The fraction of sp³-hybridized carbons (Fsp3) is 0.333. The highest BCUT2D eigenvalue weighted by atomic mass is 19.1. The Hall–Kier alpha value is -3.03. The minimum Gasteiger partial charge on any atom is -0.359 e. The van der Waals surface area contributed by atoms with Crippen LogP contribution in [0.15, 0.2) is 28.8 Å². The maximum Gasteiger partial charge on any atom is 0.295 e. The number of carbonyl (C=O) groups excluding carboxylic acids is 1. The van der Waals surface area contributed by atoms with Crippen LogP contribution in [0, 0.1) is 12.7 Å². The van der Waals surface area contributed by atoms with E-state index in [0.717, 1.165) is 6.42 Å². The largest absolute Gasteiger partial charge is 0.359 e. The van der Waals surface area contributed by atoms with Gasteiger partial charge in [0.15, 0.2) is 5.76 Å². The molecule has 0 fully saturated rings. The van der Waals surface area contributed by atoms with Crippen LogP contribution in [0.2, 0.25) is 0 Å². The first-order valence-electron chi connectivity index (χ1n) is 8.52. The van der Waals surface area contributed by atoms with Gasteiger partial charge in [0.1, 0.15) is 28.7 Å². The molecule has 8 heteroatoms. The monoisotopic (exact) mass is 357 g/mol. The predicted molar refractivity (Wildman–Crippen MR) is 93.9 cm³/mol. The molecule has 0 radical (unpaired) electrons. The average Bonchev–Trinajstić information content (AvgIpc) is 3.20. The molecular formula is C18H20FN5O2. The lowest BCUT2D eigenvalue weighted by Gasteiger charge is -2.05. The van der Waals surface area contributed by atoms with E-state index in [-0.39, 0.29) is 11.5 Å². The predicted octanol–water partition coefficient (Wildman–Crippen LogP) is 3.47. The van der Waals surface area contributed by atoms with Gasteiger partial charge in [-0.05, 0) is 25.5 Å². The Morgan fingerprint density at radius 1 is 1.31 bits per heavy atom. The third kappa shape index (κ3) is 3.35. The van der Waals surface area contributed by atoms with E-state index in [2.05, 4.69) is 20.6 Å². The van der Waals surface area contributed by atoms with Gasteiger partial charge in [0, 0.05) is 12.8 Å². The number of hydrogen-bond acceptors (Lipinski definition) is 5. The molecule has 26 heavy (non-hydrogen) atoms. The number of halogens is 1. The summed E-state index contributed by atoms with van der Waals surface area (Å²) in [6, 6.07) is 6.26. The van der Waals surface area contributed by atoms with Crippen molar-refractivity contribution >= 4 is 11.6 Å². The van der Waals surface area contributed by atoms with E-state index < -0.39 is 11.7 Å². The highest BCUT2D eigenvalue weighted by Crippen LogP contribution is 2.21. The van der Waals surface area contributed by atoms with E-state index >= 15 is 0 Å². The van der Waals surface area contributed by atoms with Crippen LogP contribution in [0.5, 0.6) is 0 Å². The number of rotatable bonds is 6. The summed E-state index contributed by atoms with van der Waals surface area (Å²) in [5.41, 5.74) is 1.37. The molecule has 0 aliphatic heterocycles. The van der Waals surface area contributed by atoms with Gasteiger partial charge in [-0.3, -0.25) is 4.79 Å². The van der Waals surface area contributed by atoms with Gasteiger partial charge in [-0.2, -0.15) is 0 Å². The quantitative estimate of drug-likeness (QED) is 0.730. The molecule has 0 saturated heterocycles. The topological polar surface area (TPSA) is 85.8 Å². The Bertz CT molecular complexity index is 932. The maximum atomic E-state index is 14.2. The van der Waals surface area contributed by atoms with E-state index in [1.807, 2.05) is 13.8 Å². The van der Waals surface area contributed by atoms with Crippen molar-refractivity contribution in [2.75, 3.05) is 5.32 Å². The molecule has 1 aromatic carbocycles. The summed E-state index contributed by atoms with van der Waals surface area (Å²) in [7, 11) is 0. The highest BCUT2D eigenvalue weighted by molar-refractivity contribution is 6.02. The molecule has 0 spiro atoms. The molecule has 7 nitrogen and oxygen atoms in total. The molecule has 136 valence electrons. The zero-order valence-corrected chi connectivity index (χ0v) is 14.9. The Morgan fingerprint density at radius 3 is 2.77 bits per heavy atom. The first-order valence-corrected chi connectivity index (χ1v) is 8.52. The molecule has 0 bridgehead atoms. The lowest BCUT2D eigenvalue weighted by Crippen LogP contribution is -2.15. The van der Waals surface area contributed by atoms with Gasteiger partial charge in [-0.25, -0.2) is 14.1 Å². The van der Waals surface area contributed by atoms with E-state index in [1.165, 1.54) is 10.7 Å². The number of amides is 1. The first-order chi connectivity index (χ1) is 12.5. The summed E-state index contributed by atoms with van der Waals surface area (Å²) >= 11 is 0. The maximum absolute atomic E-state index is 14.2. The highest BCUT2D eigenvalue weighted by Gasteiger charge is 2.21. The number of hydrogen-bond donors (Lipinski definition) is 1. The van der Waals surface area contributed by atoms with Crippen LogP contribution in [0.3, 0.4) is 0 Å². The van der Waals surface area contributed by atoms with Crippen molar-refractivity contribution < 1.29 is 13.7 Å². The summed E-state index contributed by atoms with van der Waals surface area (Å²) < 4.78 is 20.7. The van der Waals surface area contributed by atoms with Crippen molar-refractivity contribution in [1.82, 2.24) is 19.9 Å². The van der Waals surface area contributed by atoms with Crippen LogP contribution in [0.25, 0.3) is 5.69 Å². The average molecular weight is 357 g/mol. The molecule has 1 N–H and O–H groups in total. The fourth-order valence-electron chi connectivity index (χ4n) is 2.63. The second-order valence-corrected chi connectivity index (χ2v) is 5.84. The van der Waals surface area contributed by atoms with Crippen molar-refractivity contribution in [1.29, 1.82) is 0 Å². The lowest BCUT2D eigenvalue weighted by molar-refractivity contribution is 0.101. The molecule has 1 amide bonds. The molecule has 2 heterocycles. The van der Waals surface area contributed by atoms with Crippen molar-refractivity contribution in [3.63, 3.8) is 0 Å². The Balaban J connectivity index is 1.96. The SMILES string of the molecule is CCCc1nc(C(=O)Nc2c(C)noc2CC)nn1-c1ccccc1F. The van der Waals surface area contributed by atoms with Crippen LogP contribution >= 0.6 is 0 Å². The number of nitrogens with zero attached hydrogens (tertiary/aromatic N) is 4. The molecule has 0 atom stereocenters. The first kappa shape index (κ1) is 17.8. The third-order valence-electron chi connectivity index (χ3n) is 3.92. The zero-order chi connectivity index (χ0) is 18.7. The van der Waals surface area contributed by atoms with Gasteiger partial charge >= 0.3 is 0 Å². The molecule has 3 aromatic rings. The number of benzene rings is 1. The van der Waals surface area contributed by atoms with Gasteiger partial charge in [-0.15, -0.1) is 5.10 Å². The van der Waals surface area contributed by atoms with Crippen LogP contribution in [-0.4, -0.2) is 25.8 Å². The molecule has 0 unspecified atom stereocenters. The second kappa shape index (κ2) is 7.47. The smallest absolute Gasteiger partial charge is 0.295 e. The van der Waals surface area contributed by atoms with Gasteiger partial charge in [0.2, 0.25) is 5.82 Å². The van der Waals surface area contributed by atoms with E-state index in [1.54, 1.807) is 25.1 Å². The van der Waals surface area contributed by atoms with Crippen molar-refractivity contribution in [3.8, 4) is 5.69 Å². The summed E-state index contributed by atoms with van der Waals surface area (Å²) in [6.07, 6.45) is 1.95. The summed E-state index contributed by atoms with van der Waals surface area (Å²) in [5.74, 6) is 0.168. The Morgan fingerprint density at radius 2 is 2.08 bits per heavy atom. The molecule has 0 aliphatic rings. The number of aromatic nitrogens is 4.